The van der Waals surface area contributed by atoms with Gasteiger partial charge in [0.2, 0.25) is 0 Å². The van der Waals surface area contributed by atoms with E-state index in [0.29, 0.717) is 33.9 Å². The number of fused-ring (bicyclic) bond motifs is 1. The Hall–Kier alpha value is -2.05. The van der Waals surface area contributed by atoms with Gasteiger partial charge in [-0.2, -0.15) is 0 Å². The molecule has 0 radical (unpaired) electrons. The van der Waals surface area contributed by atoms with Crippen LogP contribution in [0.25, 0.3) is 0 Å². The molecule has 28 heavy (non-hydrogen) atoms. The van der Waals surface area contributed by atoms with Crippen molar-refractivity contribution in [1.29, 1.82) is 0 Å². The Balaban J connectivity index is 1.74. The third-order valence-electron chi connectivity index (χ3n) is 4.74. The molecule has 150 valence electrons. The molecular formula is C21H24ClNO4S. The number of nitrogens with one attached hydrogen (secondary N) is 1. The van der Waals surface area contributed by atoms with Crippen LogP contribution in [0.3, 0.4) is 0 Å². The third kappa shape index (κ3) is 4.67. The summed E-state index contributed by atoms with van der Waals surface area (Å²) in [6.07, 6.45) is 2.78. The van der Waals surface area contributed by atoms with Gasteiger partial charge in [0.05, 0.1) is 12.2 Å². The van der Waals surface area contributed by atoms with Gasteiger partial charge in [0.1, 0.15) is 10.8 Å². The number of amides is 1. The molecule has 0 bridgehead atoms. The average molecular weight is 422 g/mol. The molecule has 0 saturated heterocycles. The lowest BCUT2D eigenvalue weighted by Gasteiger charge is -2.18. The maximum Gasteiger partial charge on any atom is 0.341 e. The zero-order valence-corrected chi connectivity index (χ0v) is 17.8. The molecule has 7 heteroatoms. The quantitative estimate of drug-likeness (QED) is 0.664. The van der Waals surface area contributed by atoms with Crippen LogP contribution in [0.1, 0.15) is 46.6 Å². The van der Waals surface area contributed by atoms with Crippen molar-refractivity contribution in [3.05, 3.63) is 44.8 Å². The molecule has 1 aromatic carbocycles. The number of carbonyl (C=O) groups excluding carboxylic acids is 2. The Morgan fingerprint density at radius 2 is 2.14 bits per heavy atom. The van der Waals surface area contributed by atoms with E-state index in [-0.39, 0.29) is 18.5 Å². The molecule has 1 amide bonds. The molecule has 2 aromatic rings. The molecule has 5 nitrogen and oxygen atoms in total. The molecular weight excluding hydrogens is 398 g/mol. The predicted octanol–water partition coefficient (Wildman–Crippen LogP) is 5.03. The molecule has 0 saturated carbocycles. The molecule has 1 atom stereocenters. The minimum atomic E-state index is -0.376. The second kappa shape index (κ2) is 8.97. The molecule has 0 aliphatic heterocycles. The number of rotatable bonds is 6. The Labute approximate surface area is 174 Å². The van der Waals surface area contributed by atoms with Crippen LogP contribution in [0.15, 0.2) is 18.2 Å². The third-order valence-corrected chi connectivity index (χ3v) is 6.34. The van der Waals surface area contributed by atoms with Gasteiger partial charge in [-0.25, -0.2) is 4.79 Å². The van der Waals surface area contributed by atoms with E-state index in [1.54, 1.807) is 25.1 Å². The zero-order chi connectivity index (χ0) is 20.3. The lowest BCUT2D eigenvalue weighted by molar-refractivity contribution is -0.118. The fourth-order valence-electron chi connectivity index (χ4n) is 3.28. The number of halogens is 1. The van der Waals surface area contributed by atoms with E-state index in [0.717, 1.165) is 35.3 Å². The number of thiophene rings is 1. The van der Waals surface area contributed by atoms with Crippen molar-refractivity contribution < 1.29 is 19.1 Å². The van der Waals surface area contributed by atoms with Crippen LogP contribution >= 0.6 is 22.9 Å². The van der Waals surface area contributed by atoms with Crippen LogP contribution in [-0.2, 0) is 22.4 Å². The number of ether oxygens (including phenoxy) is 2. The number of hydrogen-bond acceptors (Lipinski definition) is 5. The number of aryl methyl sites for hydroxylation is 1. The van der Waals surface area contributed by atoms with Gasteiger partial charge >= 0.3 is 5.97 Å². The fourth-order valence-corrected chi connectivity index (χ4v) is 4.81. The summed E-state index contributed by atoms with van der Waals surface area (Å²) in [5.41, 5.74) is 2.40. The summed E-state index contributed by atoms with van der Waals surface area (Å²) in [5, 5.41) is 4.05. The molecule has 0 fully saturated rings. The van der Waals surface area contributed by atoms with E-state index in [9.17, 15) is 9.59 Å². The summed E-state index contributed by atoms with van der Waals surface area (Å²) in [6, 6.07) is 5.24. The molecule has 1 aliphatic rings. The van der Waals surface area contributed by atoms with Gasteiger partial charge in [0, 0.05) is 9.90 Å². The zero-order valence-electron chi connectivity index (χ0n) is 16.3. The highest BCUT2D eigenvalue weighted by Gasteiger charge is 2.29. The maximum absolute atomic E-state index is 12.5. The summed E-state index contributed by atoms with van der Waals surface area (Å²) < 4.78 is 10.8. The van der Waals surface area contributed by atoms with Crippen molar-refractivity contribution in [2.24, 2.45) is 5.92 Å². The van der Waals surface area contributed by atoms with Gasteiger partial charge in [-0.15, -0.1) is 11.3 Å². The lowest BCUT2D eigenvalue weighted by Crippen LogP contribution is -2.21. The van der Waals surface area contributed by atoms with Crippen LogP contribution in [0, 0.1) is 12.8 Å². The summed E-state index contributed by atoms with van der Waals surface area (Å²) in [7, 11) is 0. The Kier molecular flexibility index (Phi) is 6.62. The second-order valence-electron chi connectivity index (χ2n) is 7.02. The minimum absolute atomic E-state index is 0.150. The van der Waals surface area contributed by atoms with Crippen molar-refractivity contribution in [3.8, 4) is 5.75 Å². The highest BCUT2D eigenvalue weighted by atomic mass is 35.5. The first-order valence-corrected chi connectivity index (χ1v) is 10.6. The standard InChI is InChI=1S/C21H24ClNO4S/c1-4-26-21(25)19-15-7-5-12(2)9-17(15)28-20(19)23-18(24)11-27-14-6-8-16(22)13(3)10-14/h6,8,10,12H,4-5,7,9,11H2,1-3H3,(H,23,24)/t12-/m0/s1. The van der Waals surface area contributed by atoms with Crippen LogP contribution < -0.4 is 10.1 Å². The van der Waals surface area contributed by atoms with Crippen LogP contribution in [0.5, 0.6) is 5.75 Å². The van der Waals surface area contributed by atoms with Crippen LogP contribution in [0.2, 0.25) is 5.02 Å². The minimum Gasteiger partial charge on any atom is -0.484 e. The Morgan fingerprint density at radius 3 is 2.86 bits per heavy atom. The van der Waals surface area contributed by atoms with Crippen molar-refractivity contribution in [1.82, 2.24) is 0 Å². The highest BCUT2D eigenvalue weighted by molar-refractivity contribution is 7.17. The van der Waals surface area contributed by atoms with Crippen molar-refractivity contribution in [2.75, 3.05) is 18.5 Å². The van der Waals surface area contributed by atoms with E-state index in [1.807, 2.05) is 6.92 Å². The van der Waals surface area contributed by atoms with Crippen LogP contribution in [0.4, 0.5) is 5.00 Å². The van der Waals surface area contributed by atoms with E-state index >= 15 is 0 Å². The first kappa shape index (κ1) is 20.7. The topological polar surface area (TPSA) is 64.6 Å². The van der Waals surface area contributed by atoms with E-state index in [1.165, 1.54) is 11.3 Å². The van der Waals surface area contributed by atoms with E-state index < -0.39 is 0 Å². The van der Waals surface area contributed by atoms with Gasteiger partial charge in [0.15, 0.2) is 6.61 Å². The summed E-state index contributed by atoms with van der Waals surface area (Å²) >= 11 is 7.47. The molecule has 0 spiro atoms. The molecule has 1 aliphatic carbocycles. The normalized spacial score (nSPS) is 15.6. The van der Waals surface area contributed by atoms with E-state index in [2.05, 4.69) is 12.2 Å². The summed E-state index contributed by atoms with van der Waals surface area (Å²) in [4.78, 5) is 26.1. The van der Waals surface area contributed by atoms with Crippen LogP contribution in [-0.4, -0.2) is 25.1 Å². The maximum atomic E-state index is 12.5. The second-order valence-corrected chi connectivity index (χ2v) is 8.54. The Morgan fingerprint density at radius 1 is 1.36 bits per heavy atom. The molecule has 1 aromatic heterocycles. The van der Waals surface area contributed by atoms with Gasteiger partial charge in [-0.1, -0.05) is 18.5 Å². The van der Waals surface area contributed by atoms with Crippen molar-refractivity contribution >= 4 is 39.8 Å². The number of hydrogen-bond donors (Lipinski definition) is 1. The first-order chi connectivity index (χ1) is 13.4. The molecule has 1 heterocycles. The molecule has 0 unspecified atom stereocenters. The average Bonchev–Trinajstić information content (AvgIpc) is 2.99. The number of esters is 1. The van der Waals surface area contributed by atoms with E-state index in [4.69, 9.17) is 21.1 Å². The SMILES string of the molecule is CCOC(=O)c1c(NC(=O)COc2ccc(Cl)c(C)c2)sc2c1CC[C@H](C)C2. The highest BCUT2D eigenvalue weighted by Crippen LogP contribution is 2.40. The summed E-state index contributed by atoms with van der Waals surface area (Å²) in [6.45, 7) is 6.00. The van der Waals surface area contributed by atoms with Crippen molar-refractivity contribution in [3.63, 3.8) is 0 Å². The molecule has 3 rings (SSSR count). The lowest BCUT2D eigenvalue weighted by atomic mass is 9.88. The number of anilines is 1. The molecule has 1 N–H and O–H groups in total. The number of benzene rings is 1. The monoisotopic (exact) mass is 421 g/mol. The van der Waals surface area contributed by atoms with Gasteiger partial charge in [-0.3, -0.25) is 4.79 Å². The predicted molar refractivity (Wildman–Crippen MR) is 112 cm³/mol. The Bertz CT molecular complexity index is 893. The van der Waals surface area contributed by atoms with Gasteiger partial charge < -0.3 is 14.8 Å². The number of carbonyl (C=O) groups is 2. The van der Waals surface area contributed by atoms with Crippen molar-refractivity contribution in [2.45, 2.75) is 40.0 Å². The van der Waals surface area contributed by atoms with Gasteiger partial charge in [0.25, 0.3) is 5.91 Å². The first-order valence-electron chi connectivity index (χ1n) is 9.39. The fraction of sp³-hybridized carbons (Fsp3) is 0.429. The van der Waals surface area contributed by atoms with Gasteiger partial charge in [-0.05, 0) is 68.4 Å². The summed E-state index contributed by atoms with van der Waals surface area (Å²) in [5.74, 6) is 0.451. The largest absolute Gasteiger partial charge is 0.484 e. The smallest absolute Gasteiger partial charge is 0.341 e.